The van der Waals surface area contributed by atoms with Crippen LogP contribution in [0.25, 0.3) is 0 Å². The van der Waals surface area contributed by atoms with Gasteiger partial charge in [0.05, 0.1) is 5.92 Å². The molecule has 9 nitrogen and oxygen atoms in total. The molecule has 3 atom stereocenters. The maximum atomic E-state index is 13.5. The second-order valence-electron chi connectivity index (χ2n) is 9.91. The van der Waals surface area contributed by atoms with E-state index in [4.69, 9.17) is 5.73 Å². The number of nitrogens with zero attached hydrogens (tertiary/aromatic N) is 4. The molecule has 3 heterocycles. The van der Waals surface area contributed by atoms with Crippen LogP contribution in [0.5, 0.6) is 0 Å². The average Bonchev–Trinajstić information content (AvgIpc) is 3.30. The van der Waals surface area contributed by atoms with Crippen LogP contribution in [0.1, 0.15) is 56.9 Å². The Morgan fingerprint density at radius 3 is 2.53 bits per heavy atom. The first-order valence-electron chi connectivity index (χ1n) is 12.5. The molecule has 5 rings (SSSR count). The number of nitrogens with one attached hydrogen (secondary N) is 1. The Morgan fingerprint density at radius 1 is 1.06 bits per heavy atom. The van der Waals surface area contributed by atoms with Crippen LogP contribution in [0.15, 0.2) is 35.4 Å². The third kappa shape index (κ3) is 4.35. The van der Waals surface area contributed by atoms with Crippen molar-refractivity contribution >= 4 is 23.6 Å². The van der Waals surface area contributed by atoms with Crippen LogP contribution in [-0.4, -0.2) is 63.7 Å². The lowest BCUT2D eigenvalue weighted by atomic mass is 9.80. The van der Waals surface area contributed by atoms with Crippen molar-refractivity contribution in [2.75, 3.05) is 13.1 Å². The zero-order valence-corrected chi connectivity index (χ0v) is 19.6. The first-order chi connectivity index (χ1) is 16.5. The molecule has 1 aromatic carbocycles. The first-order valence-corrected chi connectivity index (χ1v) is 12.5. The topological polar surface area (TPSA) is 111 Å². The van der Waals surface area contributed by atoms with Crippen molar-refractivity contribution in [3.05, 3.63) is 35.9 Å². The standard InChI is InChI=1S/C25H34N6O3/c26-23(33)18-12-14-29(15-13-18)22(32)11-10-21-27-28-25-30(16-17-6-2-1-3-7-17)24(34)19-8-4-5-9-20(19)31(21)25/h1-3,6-7,18-20,25,28H,4-5,8-16H2,(H2,26,33). The molecule has 3 fully saturated rings. The van der Waals surface area contributed by atoms with Gasteiger partial charge < -0.3 is 15.5 Å². The molecule has 34 heavy (non-hydrogen) atoms. The molecule has 1 aromatic rings. The van der Waals surface area contributed by atoms with E-state index in [0.717, 1.165) is 37.1 Å². The Kier molecular flexibility index (Phi) is 6.43. The summed E-state index contributed by atoms with van der Waals surface area (Å²) in [6.45, 7) is 1.69. The smallest absolute Gasteiger partial charge is 0.231 e. The average molecular weight is 467 g/mol. The van der Waals surface area contributed by atoms with Gasteiger partial charge in [-0.3, -0.25) is 24.7 Å². The van der Waals surface area contributed by atoms with Crippen LogP contribution in [0.4, 0.5) is 0 Å². The van der Waals surface area contributed by atoms with Gasteiger partial charge in [-0.1, -0.05) is 43.2 Å². The number of rotatable bonds is 6. The highest BCUT2D eigenvalue weighted by atomic mass is 16.2. The van der Waals surface area contributed by atoms with Crippen molar-refractivity contribution in [1.29, 1.82) is 0 Å². The Balaban J connectivity index is 1.26. The minimum atomic E-state index is -0.302. The van der Waals surface area contributed by atoms with E-state index in [1.54, 1.807) is 0 Å². The van der Waals surface area contributed by atoms with Crippen molar-refractivity contribution in [3.63, 3.8) is 0 Å². The molecule has 0 aromatic heterocycles. The van der Waals surface area contributed by atoms with E-state index in [0.29, 0.717) is 45.3 Å². The maximum Gasteiger partial charge on any atom is 0.231 e. The highest BCUT2D eigenvalue weighted by Crippen LogP contribution is 2.38. The van der Waals surface area contributed by atoms with E-state index in [1.165, 1.54) is 0 Å². The van der Waals surface area contributed by atoms with E-state index in [-0.39, 0.29) is 41.9 Å². The summed E-state index contributed by atoms with van der Waals surface area (Å²) in [4.78, 5) is 43.8. The number of hydrogen-bond acceptors (Lipinski definition) is 6. The summed E-state index contributed by atoms with van der Waals surface area (Å²) in [5, 5.41) is 4.62. The monoisotopic (exact) mass is 466 g/mol. The fourth-order valence-corrected chi connectivity index (χ4v) is 5.97. The quantitative estimate of drug-likeness (QED) is 0.661. The Morgan fingerprint density at radius 2 is 1.79 bits per heavy atom. The van der Waals surface area contributed by atoms with Gasteiger partial charge in [0.25, 0.3) is 0 Å². The number of carbonyl (C=O) groups excluding carboxylic acids is 3. The number of nitrogens with two attached hydrogens (primary N) is 1. The van der Waals surface area contributed by atoms with Gasteiger partial charge in [-0.05, 0) is 31.2 Å². The SMILES string of the molecule is NC(=O)C1CCN(C(=O)CCC2=NNC3N(Cc4ccccc4)C(=O)C4CCCCC4N23)CC1. The molecule has 0 radical (unpaired) electrons. The molecule has 3 amide bonds. The highest BCUT2D eigenvalue weighted by molar-refractivity contribution is 5.91. The molecule has 1 aliphatic carbocycles. The molecule has 9 heteroatoms. The summed E-state index contributed by atoms with van der Waals surface area (Å²) in [6, 6.07) is 10.2. The predicted molar refractivity (Wildman–Crippen MR) is 127 cm³/mol. The fourth-order valence-electron chi connectivity index (χ4n) is 5.97. The Hall–Kier alpha value is -3.10. The van der Waals surface area contributed by atoms with Crippen molar-refractivity contribution in [1.82, 2.24) is 20.1 Å². The second kappa shape index (κ2) is 9.64. The molecule has 1 saturated carbocycles. The number of amides is 3. The zero-order chi connectivity index (χ0) is 23.7. The summed E-state index contributed by atoms with van der Waals surface area (Å²) in [6.07, 6.45) is 5.94. The number of benzene rings is 1. The lowest BCUT2D eigenvalue weighted by Crippen LogP contribution is -2.67. The molecule has 3 aliphatic heterocycles. The van der Waals surface area contributed by atoms with Gasteiger partial charge in [-0.25, -0.2) is 0 Å². The van der Waals surface area contributed by atoms with Gasteiger partial charge in [0, 0.05) is 44.4 Å². The molecule has 2 saturated heterocycles. The predicted octanol–water partition coefficient (Wildman–Crippen LogP) is 1.59. The summed E-state index contributed by atoms with van der Waals surface area (Å²) < 4.78 is 0. The maximum absolute atomic E-state index is 13.5. The lowest BCUT2D eigenvalue weighted by Gasteiger charge is -2.50. The minimum Gasteiger partial charge on any atom is -0.369 e. The van der Waals surface area contributed by atoms with E-state index in [2.05, 4.69) is 15.4 Å². The fraction of sp³-hybridized carbons (Fsp3) is 0.600. The first kappa shape index (κ1) is 22.7. The summed E-state index contributed by atoms with van der Waals surface area (Å²) in [5.41, 5.74) is 9.72. The van der Waals surface area contributed by atoms with Crippen molar-refractivity contribution in [2.24, 2.45) is 22.7 Å². The normalized spacial score (nSPS) is 27.1. The van der Waals surface area contributed by atoms with Crippen LogP contribution >= 0.6 is 0 Å². The van der Waals surface area contributed by atoms with Crippen LogP contribution in [-0.2, 0) is 20.9 Å². The number of likely N-dealkylation sites (tertiary alicyclic amines) is 1. The number of primary amides is 1. The van der Waals surface area contributed by atoms with Gasteiger partial charge in [0.1, 0.15) is 5.84 Å². The zero-order valence-electron chi connectivity index (χ0n) is 19.6. The van der Waals surface area contributed by atoms with E-state index in [9.17, 15) is 14.4 Å². The molecule has 182 valence electrons. The molecule has 0 bridgehead atoms. The Bertz CT molecular complexity index is 959. The molecule has 4 aliphatic rings. The van der Waals surface area contributed by atoms with Crippen LogP contribution in [0.3, 0.4) is 0 Å². The number of fused-ring (bicyclic) bond motifs is 3. The molecular weight excluding hydrogens is 432 g/mol. The van der Waals surface area contributed by atoms with E-state index < -0.39 is 0 Å². The molecule has 3 unspecified atom stereocenters. The van der Waals surface area contributed by atoms with Crippen LogP contribution in [0, 0.1) is 11.8 Å². The Labute approximate surface area is 200 Å². The third-order valence-corrected chi connectivity index (χ3v) is 7.86. The molecule has 3 N–H and O–H groups in total. The van der Waals surface area contributed by atoms with Crippen LogP contribution in [0.2, 0.25) is 0 Å². The number of hydrogen-bond donors (Lipinski definition) is 2. The third-order valence-electron chi connectivity index (χ3n) is 7.86. The van der Waals surface area contributed by atoms with Gasteiger partial charge in [0.15, 0.2) is 6.29 Å². The number of carbonyl (C=O) groups is 3. The molecule has 0 spiro atoms. The molecular formula is C25H34N6O3. The second-order valence-corrected chi connectivity index (χ2v) is 9.91. The number of piperidine rings is 1. The van der Waals surface area contributed by atoms with Crippen molar-refractivity contribution in [2.45, 2.75) is 70.2 Å². The summed E-state index contributed by atoms with van der Waals surface area (Å²) in [5.74, 6) is 0.731. The van der Waals surface area contributed by atoms with Crippen molar-refractivity contribution in [3.8, 4) is 0 Å². The minimum absolute atomic E-state index is 0.0256. The van der Waals surface area contributed by atoms with Crippen LogP contribution < -0.4 is 11.2 Å². The van der Waals surface area contributed by atoms with Gasteiger partial charge >= 0.3 is 0 Å². The van der Waals surface area contributed by atoms with Gasteiger partial charge in [-0.2, -0.15) is 5.10 Å². The number of amidine groups is 1. The highest BCUT2D eigenvalue weighted by Gasteiger charge is 2.50. The summed E-state index contributed by atoms with van der Waals surface area (Å²) >= 11 is 0. The number of hydrazone groups is 1. The largest absolute Gasteiger partial charge is 0.369 e. The van der Waals surface area contributed by atoms with E-state index in [1.807, 2.05) is 40.1 Å². The van der Waals surface area contributed by atoms with E-state index >= 15 is 0 Å². The van der Waals surface area contributed by atoms with Crippen molar-refractivity contribution < 1.29 is 14.4 Å². The van der Waals surface area contributed by atoms with Gasteiger partial charge in [0.2, 0.25) is 17.7 Å². The lowest BCUT2D eigenvalue weighted by molar-refractivity contribution is -0.156. The summed E-state index contributed by atoms with van der Waals surface area (Å²) in [7, 11) is 0. The van der Waals surface area contributed by atoms with Gasteiger partial charge in [-0.15, -0.1) is 0 Å².